The molecule has 0 N–H and O–H groups in total. The lowest BCUT2D eigenvalue weighted by Crippen LogP contribution is -1.96. The second kappa shape index (κ2) is 11.7. The minimum absolute atomic E-state index is 0.859. The minimum atomic E-state index is 0.859. The van der Waals surface area contributed by atoms with Crippen LogP contribution in [-0.4, -0.2) is 0 Å². The zero-order valence-corrected chi connectivity index (χ0v) is 15.5. The largest absolute Gasteiger partial charge is 0.0628 e. The molecule has 0 atom stereocenters. The van der Waals surface area contributed by atoms with Gasteiger partial charge in [-0.3, -0.25) is 0 Å². The first-order valence-corrected chi connectivity index (χ1v) is 9.66. The monoisotopic (exact) mass is 302 g/mol. The summed E-state index contributed by atoms with van der Waals surface area (Å²) in [6, 6.07) is 9.13. The third-order valence-electron chi connectivity index (χ3n) is 4.57. The molecule has 0 heterocycles. The van der Waals surface area contributed by atoms with E-state index in [1.165, 1.54) is 64.2 Å². The Bertz CT molecular complexity index is 338. The van der Waals surface area contributed by atoms with E-state index in [0.29, 0.717) is 0 Å². The highest BCUT2D eigenvalue weighted by molar-refractivity contribution is 5.27. The van der Waals surface area contributed by atoms with Crippen molar-refractivity contribution in [2.24, 2.45) is 11.8 Å². The van der Waals surface area contributed by atoms with Crippen molar-refractivity contribution < 1.29 is 0 Å². The number of hydrogen-bond donors (Lipinski definition) is 0. The zero-order valence-electron chi connectivity index (χ0n) is 15.5. The van der Waals surface area contributed by atoms with E-state index in [9.17, 15) is 0 Å². The second-order valence-electron chi connectivity index (χ2n) is 7.76. The first kappa shape index (κ1) is 19.3. The standard InChI is InChI=1S/C22H38/c1-19(2)13-7-5-9-15-21-17-11-12-18-22(21)16-10-6-8-14-20(3)4/h11-12,17-20H,5-10,13-16H2,1-4H3. The van der Waals surface area contributed by atoms with E-state index in [2.05, 4.69) is 52.0 Å². The average molecular weight is 303 g/mol. The van der Waals surface area contributed by atoms with Crippen LogP contribution in [0.25, 0.3) is 0 Å². The quantitative estimate of drug-likeness (QED) is 0.358. The highest BCUT2D eigenvalue weighted by atomic mass is 14.1. The summed E-state index contributed by atoms with van der Waals surface area (Å²) in [5.41, 5.74) is 3.21. The van der Waals surface area contributed by atoms with Crippen LogP contribution in [0, 0.1) is 11.8 Å². The lowest BCUT2D eigenvalue weighted by molar-refractivity contribution is 0.523. The second-order valence-corrected chi connectivity index (χ2v) is 7.76. The van der Waals surface area contributed by atoms with Gasteiger partial charge < -0.3 is 0 Å². The summed E-state index contributed by atoms with van der Waals surface area (Å²) in [6.07, 6.45) is 13.6. The third kappa shape index (κ3) is 9.28. The summed E-state index contributed by atoms with van der Waals surface area (Å²) >= 11 is 0. The maximum absolute atomic E-state index is 2.35. The molecule has 0 saturated carbocycles. The maximum atomic E-state index is 2.35. The number of benzene rings is 1. The van der Waals surface area contributed by atoms with Crippen molar-refractivity contribution >= 4 is 0 Å². The van der Waals surface area contributed by atoms with Gasteiger partial charge in [0.25, 0.3) is 0 Å². The topological polar surface area (TPSA) is 0 Å². The molecule has 126 valence electrons. The Hall–Kier alpha value is -0.780. The summed E-state index contributed by atoms with van der Waals surface area (Å²) < 4.78 is 0. The summed E-state index contributed by atoms with van der Waals surface area (Å²) in [4.78, 5) is 0. The van der Waals surface area contributed by atoms with Crippen molar-refractivity contribution in [1.29, 1.82) is 0 Å². The fourth-order valence-corrected chi connectivity index (χ4v) is 3.13. The summed E-state index contributed by atoms with van der Waals surface area (Å²) in [5.74, 6) is 1.72. The van der Waals surface area contributed by atoms with E-state index in [4.69, 9.17) is 0 Å². The van der Waals surface area contributed by atoms with Crippen LogP contribution < -0.4 is 0 Å². The van der Waals surface area contributed by atoms with Gasteiger partial charge in [0.15, 0.2) is 0 Å². The van der Waals surface area contributed by atoms with Crippen molar-refractivity contribution in [1.82, 2.24) is 0 Å². The molecular weight excluding hydrogens is 264 g/mol. The smallest absolute Gasteiger partial charge is 0.0276 e. The Morgan fingerprint density at radius 2 is 1.00 bits per heavy atom. The first-order chi connectivity index (χ1) is 10.6. The molecule has 0 nitrogen and oxygen atoms in total. The van der Waals surface area contributed by atoms with E-state index in [-0.39, 0.29) is 0 Å². The Labute approximate surface area is 139 Å². The molecule has 0 radical (unpaired) electrons. The molecule has 0 saturated heterocycles. The molecule has 0 aliphatic rings. The SMILES string of the molecule is CC(C)CCCCCc1ccccc1CCCCCC(C)C. The van der Waals surface area contributed by atoms with E-state index >= 15 is 0 Å². The van der Waals surface area contributed by atoms with Crippen LogP contribution in [-0.2, 0) is 12.8 Å². The van der Waals surface area contributed by atoms with Gasteiger partial charge in [-0.2, -0.15) is 0 Å². The molecule has 1 rings (SSSR count). The summed E-state index contributed by atoms with van der Waals surface area (Å²) in [7, 11) is 0. The van der Waals surface area contributed by atoms with Gasteiger partial charge in [-0.15, -0.1) is 0 Å². The van der Waals surface area contributed by atoms with E-state index in [1.807, 2.05) is 0 Å². The molecule has 1 aromatic rings. The zero-order chi connectivity index (χ0) is 16.2. The lowest BCUT2D eigenvalue weighted by atomic mass is 9.95. The van der Waals surface area contributed by atoms with Crippen molar-refractivity contribution in [2.45, 2.75) is 91.9 Å². The Balaban J connectivity index is 2.26. The molecule has 0 aliphatic heterocycles. The minimum Gasteiger partial charge on any atom is -0.0628 e. The van der Waals surface area contributed by atoms with Gasteiger partial charge in [0.05, 0.1) is 0 Å². The van der Waals surface area contributed by atoms with E-state index in [1.54, 1.807) is 11.1 Å². The van der Waals surface area contributed by atoms with Gasteiger partial charge in [-0.25, -0.2) is 0 Å². The number of aryl methyl sites for hydroxylation is 2. The third-order valence-corrected chi connectivity index (χ3v) is 4.57. The highest BCUT2D eigenvalue weighted by Gasteiger charge is 2.03. The molecule has 0 fully saturated rings. The van der Waals surface area contributed by atoms with Crippen LogP contribution in [0.2, 0.25) is 0 Å². The van der Waals surface area contributed by atoms with Crippen LogP contribution in [0.5, 0.6) is 0 Å². The van der Waals surface area contributed by atoms with Crippen molar-refractivity contribution in [3.8, 4) is 0 Å². The number of unbranched alkanes of at least 4 members (excludes halogenated alkanes) is 4. The predicted molar refractivity (Wildman–Crippen MR) is 100 cm³/mol. The number of rotatable bonds is 12. The van der Waals surface area contributed by atoms with Gasteiger partial charge in [0.1, 0.15) is 0 Å². The molecule has 1 aromatic carbocycles. The van der Waals surface area contributed by atoms with Crippen LogP contribution in [0.3, 0.4) is 0 Å². The Morgan fingerprint density at radius 3 is 1.36 bits per heavy atom. The maximum Gasteiger partial charge on any atom is -0.0276 e. The molecule has 0 spiro atoms. The Morgan fingerprint density at radius 1 is 0.591 bits per heavy atom. The van der Waals surface area contributed by atoms with Gasteiger partial charge in [0.2, 0.25) is 0 Å². The fourth-order valence-electron chi connectivity index (χ4n) is 3.13. The van der Waals surface area contributed by atoms with Crippen molar-refractivity contribution in [2.75, 3.05) is 0 Å². The first-order valence-electron chi connectivity index (χ1n) is 9.66. The molecule has 0 aromatic heterocycles. The molecule has 0 heteroatoms. The van der Waals surface area contributed by atoms with E-state index < -0.39 is 0 Å². The van der Waals surface area contributed by atoms with Crippen LogP contribution in [0.4, 0.5) is 0 Å². The molecule has 0 amide bonds. The normalized spacial score (nSPS) is 11.5. The van der Waals surface area contributed by atoms with E-state index in [0.717, 1.165) is 11.8 Å². The predicted octanol–water partition coefficient (Wildman–Crippen LogP) is 7.20. The average Bonchev–Trinajstić information content (AvgIpc) is 2.47. The van der Waals surface area contributed by atoms with Crippen molar-refractivity contribution in [3.63, 3.8) is 0 Å². The molecule has 0 unspecified atom stereocenters. The molecule has 22 heavy (non-hydrogen) atoms. The van der Waals surface area contributed by atoms with Crippen LogP contribution >= 0.6 is 0 Å². The molecule has 0 aliphatic carbocycles. The van der Waals surface area contributed by atoms with Crippen molar-refractivity contribution in [3.05, 3.63) is 35.4 Å². The highest BCUT2D eigenvalue weighted by Crippen LogP contribution is 2.18. The van der Waals surface area contributed by atoms with Crippen LogP contribution in [0.15, 0.2) is 24.3 Å². The number of hydrogen-bond acceptors (Lipinski definition) is 0. The van der Waals surface area contributed by atoms with Crippen LogP contribution in [0.1, 0.15) is 90.2 Å². The summed E-state index contributed by atoms with van der Waals surface area (Å²) in [5, 5.41) is 0. The lowest BCUT2D eigenvalue weighted by Gasteiger charge is -2.10. The summed E-state index contributed by atoms with van der Waals surface area (Å²) in [6.45, 7) is 9.31. The molecule has 0 bridgehead atoms. The van der Waals surface area contributed by atoms with Gasteiger partial charge >= 0.3 is 0 Å². The van der Waals surface area contributed by atoms with Gasteiger partial charge in [-0.1, -0.05) is 90.5 Å². The Kier molecular flexibility index (Phi) is 10.3. The van der Waals surface area contributed by atoms with Gasteiger partial charge in [-0.05, 0) is 48.6 Å². The van der Waals surface area contributed by atoms with Gasteiger partial charge in [0, 0.05) is 0 Å². The fraction of sp³-hybridized carbons (Fsp3) is 0.727. The molecular formula is C22H38.